The van der Waals surface area contributed by atoms with E-state index < -0.39 is 0 Å². The zero-order valence-electron chi connectivity index (χ0n) is 43.9. The van der Waals surface area contributed by atoms with E-state index in [9.17, 15) is 0 Å². The van der Waals surface area contributed by atoms with Gasteiger partial charge in [-0.25, -0.2) is 9.97 Å². The van der Waals surface area contributed by atoms with E-state index in [0.29, 0.717) is 6.04 Å². The molecule has 3 aliphatic heterocycles. The van der Waals surface area contributed by atoms with Gasteiger partial charge in [-0.05, 0) is 129 Å². The molecule has 0 bridgehead atoms. The van der Waals surface area contributed by atoms with Crippen molar-refractivity contribution in [2.24, 2.45) is 13.0 Å². The second-order valence-electron chi connectivity index (χ2n) is 21.1. The van der Waals surface area contributed by atoms with Crippen LogP contribution < -0.4 is 20.4 Å². The number of allylic oxidation sites excluding steroid dienone is 2. The van der Waals surface area contributed by atoms with Gasteiger partial charge in [-0.3, -0.25) is 9.58 Å². The topological polar surface area (TPSA) is 77.4 Å². The van der Waals surface area contributed by atoms with Gasteiger partial charge in [-0.15, -0.1) is 0 Å². The van der Waals surface area contributed by atoms with E-state index in [1.807, 2.05) is 24.3 Å². The third-order valence-corrected chi connectivity index (χ3v) is 17.4. The van der Waals surface area contributed by atoms with Gasteiger partial charge in [0.15, 0.2) is 5.13 Å². The number of piperidine rings is 1. The number of fused-ring (bicyclic) bond motifs is 3. The summed E-state index contributed by atoms with van der Waals surface area (Å²) in [6.07, 6.45) is 16.4. The largest absolute Gasteiger partial charge is 0.369 e. The first-order valence-corrected chi connectivity index (χ1v) is 27.8. The van der Waals surface area contributed by atoms with E-state index in [1.54, 1.807) is 11.3 Å². The number of nitrogens with zero attached hydrogens (tertiary/aromatic N) is 7. The Hall–Kier alpha value is -6.49. The third kappa shape index (κ3) is 11.1. The monoisotopic (exact) mass is 990 g/mol. The SMILES string of the molecule is C=C1CCC(c2nn(C)c3cc(N4CCN([C@@H](C)CCCC5CCCCC5)CC4)ccc23)C(=C)N1.C=Cc1nc(N2CCc3cccc(C(=C)Nc4nc5ccccc5s4)c3C2)ccc1-c1cccc(C)c1C. The first-order valence-electron chi connectivity index (χ1n) is 27.0. The highest BCUT2D eigenvalue weighted by Crippen LogP contribution is 2.38. The minimum Gasteiger partial charge on any atom is -0.369 e. The quantitative estimate of drug-likeness (QED) is 0.118. The van der Waals surface area contributed by atoms with Gasteiger partial charge in [0.25, 0.3) is 0 Å². The van der Waals surface area contributed by atoms with Crippen molar-refractivity contribution in [3.63, 3.8) is 0 Å². The molecule has 2 N–H and O–H groups in total. The van der Waals surface area contributed by atoms with Crippen LogP contribution in [0, 0.1) is 19.8 Å². The van der Waals surface area contributed by atoms with Gasteiger partial charge < -0.3 is 20.4 Å². The average Bonchev–Trinajstić information content (AvgIpc) is 3.98. The molecule has 7 aromatic rings. The molecule has 0 spiro atoms. The maximum atomic E-state index is 5.06. The van der Waals surface area contributed by atoms with Crippen LogP contribution in [0.25, 0.3) is 44.0 Å². The van der Waals surface area contributed by atoms with Crippen molar-refractivity contribution in [2.75, 3.05) is 47.8 Å². The number of anilines is 3. The number of piperazine rings is 1. The van der Waals surface area contributed by atoms with Crippen LogP contribution in [0.3, 0.4) is 0 Å². The highest BCUT2D eigenvalue weighted by Gasteiger charge is 2.28. The van der Waals surface area contributed by atoms with E-state index in [-0.39, 0.29) is 5.92 Å². The Bertz CT molecular complexity index is 3110. The summed E-state index contributed by atoms with van der Waals surface area (Å²) >= 11 is 1.65. The fraction of sp³-hybridized carbons (Fsp3) is 0.381. The second-order valence-corrected chi connectivity index (χ2v) is 22.2. The molecule has 10 heteroatoms. The van der Waals surface area contributed by atoms with Gasteiger partial charge >= 0.3 is 0 Å². The maximum Gasteiger partial charge on any atom is 0.188 e. The lowest BCUT2D eigenvalue weighted by Crippen LogP contribution is -2.49. The zero-order valence-corrected chi connectivity index (χ0v) is 44.7. The normalized spacial score (nSPS) is 18.0. The zero-order chi connectivity index (χ0) is 50.6. The first-order chi connectivity index (χ1) is 35.5. The number of aromatic nitrogens is 4. The molecule has 3 aromatic heterocycles. The Balaban J connectivity index is 0.000000168. The molecule has 9 nitrogen and oxygen atoms in total. The summed E-state index contributed by atoms with van der Waals surface area (Å²) < 4.78 is 3.22. The number of nitrogens with one attached hydrogen (secondary N) is 2. The van der Waals surface area contributed by atoms with E-state index in [4.69, 9.17) is 15.1 Å². The molecule has 3 fully saturated rings. The molecule has 4 aliphatic rings. The standard InChI is InChI=1S/C33H30N4S.C30H45N5/c1-5-29-27(25-12-8-10-21(2)22(25)3)16-17-32(35-29)37-19-18-24-11-9-13-26(28(24)20-37)23(4)34-33-36-30-14-6-7-15-31(30)38-33;1-22-13-15-27(24(3)31-22)30-28-16-14-26(21-29(28)33(4)32-30)35-19-17-34(18-20-35)23(2)9-8-12-25-10-6-5-7-11-25/h5-17H,1,4,18-20H2,2-3H3,(H,34,36);14,16,21,23,25,27,31H,1,3,5-13,15,17-20H2,2,4H3/t;23-,27?/m.0/s1. The van der Waals surface area contributed by atoms with Crippen molar-refractivity contribution in [1.82, 2.24) is 30.0 Å². The lowest BCUT2D eigenvalue weighted by molar-refractivity contribution is 0.182. The molecule has 378 valence electrons. The Labute approximate surface area is 438 Å². The van der Waals surface area contributed by atoms with Crippen molar-refractivity contribution >= 4 is 60.9 Å². The number of para-hydroxylation sites is 1. The minimum absolute atomic E-state index is 0.248. The number of benzene rings is 4. The fourth-order valence-corrected chi connectivity index (χ4v) is 12.8. The molecule has 2 saturated heterocycles. The summed E-state index contributed by atoms with van der Waals surface area (Å²) in [6.45, 7) is 29.8. The summed E-state index contributed by atoms with van der Waals surface area (Å²) in [5.74, 6) is 2.24. The van der Waals surface area contributed by atoms with Gasteiger partial charge in [0.1, 0.15) is 5.82 Å². The number of hydrogen-bond donors (Lipinski definition) is 2. The second kappa shape index (κ2) is 22.3. The van der Waals surface area contributed by atoms with Gasteiger partial charge in [-0.2, -0.15) is 5.10 Å². The van der Waals surface area contributed by atoms with Crippen molar-refractivity contribution in [2.45, 2.75) is 110 Å². The Morgan fingerprint density at radius 3 is 2.45 bits per heavy atom. The fourth-order valence-electron chi connectivity index (χ4n) is 11.9. The summed E-state index contributed by atoms with van der Waals surface area (Å²) in [5.41, 5.74) is 17.2. The van der Waals surface area contributed by atoms with Crippen LogP contribution in [-0.2, 0) is 20.0 Å². The minimum atomic E-state index is 0.248. The number of pyridine rings is 1. The summed E-state index contributed by atoms with van der Waals surface area (Å²) in [7, 11) is 2.07. The molecule has 0 radical (unpaired) electrons. The Kier molecular flexibility index (Phi) is 15.3. The van der Waals surface area contributed by atoms with Gasteiger partial charge in [0.2, 0.25) is 0 Å². The van der Waals surface area contributed by atoms with Crippen LogP contribution in [0.2, 0.25) is 0 Å². The molecule has 11 rings (SSSR count). The summed E-state index contributed by atoms with van der Waals surface area (Å²) in [5, 5.41) is 13.9. The maximum absolute atomic E-state index is 5.06. The average molecular weight is 990 g/mol. The van der Waals surface area contributed by atoms with E-state index in [1.165, 1.54) is 95.8 Å². The molecule has 1 unspecified atom stereocenters. The van der Waals surface area contributed by atoms with Crippen LogP contribution in [0.1, 0.15) is 116 Å². The number of hydrogen-bond acceptors (Lipinski definition) is 9. The van der Waals surface area contributed by atoms with E-state index in [0.717, 1.165) is 125 Å². The summed E-state index contributed by atoms with van der Waals surface area (Å²) in [6, 6.07) is 33.1. The van der Waals surface area contributed by atoms with Crippen molar-refractivity contribution in [3.8, 4) is 11.1 Å². The van der Waals surface area contributed by atoms with Crippen LogP contribution in [0.15, 0.2) is 129 Å². The molecule has 73 heavy (non-hydrogen) atoms. The van der Waals surface area contributed by atoms with E-state index in [2.05, 4.69) is 157 Å². The van der Waals surface area contributed by atoms with Crippen molar-refractivity contribution < 1.29 is 0 Å². The van der Waals surface area contributed by atoms with Crippen LogP contribution in [0.5, 0.6) is 0 Å². The van der Waals surface area contributed by atoms with Crippen LogP contribution in [-0.4, -0.2) is 63.4 Å². The molecule has 4 aromatic carbocycles. The smallest absolute Gasteiger partial charge is 0.188 e. The predicted molar refractivity (Wildman–Crippen MR) is 310 cm³/mol. The molecule has 0 amide bonds. The van der Waals surface area contributed by atoms with Crippen LogP contribution in [0.4, 0.5) is 16.6 Å². The lowest BCUT2D eigenvalue weighted by Gasteiger charge is -2.39. The Morgan fingerprint density at radius 2 is 1.66 bits per heavy atom. The molecule has 6 heterocycles. The number of rotatable bonds is 13. The summed E-state index contributed by atoms with van der Waals surface area (Å²) in [4.78, 5) is 17.4. The lowest BCUT2D eigenvalue weighted by atomic mass is 9.85. The molecule has 1 aliphatic carbocycles. The molecular weight excluding hydrogens is 915 g/mol. The molecule has 1 saturated carbocycles. The number of thiazole rings is 1. The number of aryl methyl sites for hydroxylation is 2. The highest BCUT2D eigenvalue weighted by molar-refractivity contribution is 7.22. The van der Waals surface area contributed by atoms with Gasteiger partial charge in [0.05, 0.1) is 27.1 Å². The highest BCUT2D eigenvalue weighted by atomic mass is 32.1. The molecule has 2 atom stereocenters. The Morgan fingerprint density at radius 1 is 0.849 bits per heavy atom. The van der Waals surface area contributed by atoms with Gasteiger partial charge in [-0.1, -0.05) is 131 Å². The van der Waals surface area contributed by atoms with Crippen molar-refractivity contribution in [3.05, 3.63) is 168 Å². The first kappa shape index (κ1) is 50.1. The predicted octanol–water partition coefficient (Wildman–Crippen LogP) is 14.6. The van der Waals surface area contributed by atoms with Crippen LogP contribution >= 0.6 is 11.3 Å². The molecular formula is C63H75N9S. The third-order valence-electron chi connectivity index (χ3n) is 16.4. The van der Waals surface area contributed by atoms with Crippen molar-refractivity contribution in [1.29, 1.82) is 0 Å². The van der Waals surface area contributed by atoms with E-state index >= 15 is 0 Å². The van der Waals surface area contributed by atoms with Gasteiger partial charge in [0, 0.05) is 97.6 Å².